The Bertz CT molecular complexity index is 490. The van der Waals surface area contributed by atoms with Crippen molar-refractivity contribution in [3.8, 4) is 0 Å². The summed E-state index contributed by atoms with van der Waals surface area (Å²) in [6.45, 7) is 8.11. The number of nitrogens with zero attached hydrogens (tertiary/aromatic N) is 3. The first-order chi connectivity index (χ1) is 8.47. The zero-order valence-corrected chi connectivity index (χ0v) is 11.5. The van der Waals surface area contributed by atoms with Crippen LogP contribution < -0.4 is 5.32 Å². The molecule has 0 fully saturated rings. The van der Waals surface area contributed by atoms with Gasteiger partial charge in [0.15, 0.2) is 0 Å². The standard InChI is InChI=1S/C13H21N5/c1-13(2,3)12-10(9-18(4)17-12)7-14-8-11-15-5-6-16-11/h5-6,9,14H,7-8H2,1-4H3,(H,15,16). The molecule has 0 saturated heterocycles. The molecule has 0 bridgehead atoms. The fourth-order valence-electron chi connectivity index (χ4n) is 2.01. The smallest absolute Gasteiger partial charge is 0.120 e. The maximum atomic E-state index is 4.55. The number of H-pyrrole nitrogens is 1. The van der Waals surface area contributed by atoms with E-state index in [2.05, 4.69) is 47.4 Å². The number of nitrogens with one attached hydrogen (secondary N) is 2. The SMILES string of the molecule is Cn1cc(CNCc2ncc[nH]2)c(C(C)(C)C)n1. The summed E-state index contributed by atoms with van der Waals surface area (Å²) in [6.07, 6.45) is 5.68. The molecule has 2 aromatic rings. The number of hydrogen-bond donors (Lipinski definition) is 2. The minimum Gasteiger partial charge on any atom is -0.348 e. The lowest BCUT2D eigenvalue weighted by Gasteiger charge is -2.17. The predicted molar refractivity (Wildman–Crippen MR) is 71.0 cm³/mol. The summed E-state index contributed by atoms with van der Waals surface area (Å²) in [4.78, 5) is 7.26. The molecular weight excluding hydrogens is 226 g/mol. The molecule has 0 aromatic carbocycles. The molecule has 0 radical (unpaired) electrons. The molecule has 2 rings (SSSR count). The van der Waals surface area contributed by atoms with E-state index in [1.54, 1.807) is 6.20 Å². The molecule has 5 nitrogen and oxygen atoms in total. The van der Waals surface area contributed by atoms with Crippen LogP contribution in [-0.4, -0.2) is 19.7 Å². The van der Waals surface area contributed by atoms with Gasteiger partial charge in [-0.15, -0.1) is 0 Å². The predicted octanol–water partition coefficient (Wildman–Crippen LogP) is 1.73. The van der Waals surface area contributed by atoms with E-state index in [4.69, 9.17) is 0 Å². The molecule has 0 aliphatic carbocycles. The van der Waals surface area contributed by atoms with Crippen LogP contribution in [0, 0.1) is 0 Å². The van der Waals surface area contributed by atoms with Gasteiger partial charge in [0, 0.05) is 43.2 Å². The van der Waals surface area contributed by atoms with Crippen LogP contribution in [0.2, 0.25) is 0 Å². The van der Waals surface area contributed by atoms with Crippen molar-refractivity contribution in [3.63, 3.8) is 0 Å². The van der Waals surface area contributed by atoms with Crippen LogP contribution in [0.3, 0.4) is 0 Å². The van der Waals surface area contributed by atoms with Gasteiger partial charge in [0.1, 0.15) is 5.82 Å². The summed E-state index contributed by atoms with van der Waals surface area (Å²) in [5, 5.41) is 7.93. The van der Waals surface area contributed by atoms with Crippen LogP contribution in [0.4, 0.5) is 0 Å². The Kier molecular flexibility index (Phi) is 3.52. The highest BCUT2D eigenvalue weighted by Gasteiger charge is 2.21. The molecular formula is C13H21N5. The quantitative estimate of drug-likeness (QED) is 0.865. The van der Waals surface area contributed by atoms with E-state index in [-0.39, 0.29) is 5.41 Å². The van der Waals surface area contributed by atoms with Crippen molar-refractivity contribution in [2.24, 2.45) is 7.05 Å². The van der Waals surface area contributed by atoms with Gasteiger partial charge in [-0.1, -0.05) is 20.8 Å². The van der Waals surface area contributed by atoms with E-state index >= 15 is 0 Å². The Balaban J connectivity index is 2.01. The first kappa shape index (κ1) is 12.8. The Morgan fingerprint density at radius 1 is 1.33 bits per heavy atom. The lowest BCUT2D eigenvalue weighted by atomic mass is 9.89. The largest absolute Gasteiger partial charge is 0.348 e. The van der Waals surface area contributed by atoms with Crippen molar-refractivity contribution in [2.45, 2.75) is 39.3 Å². The average Bonchev–Trinajstić information content (AvgIpc) is 2.87. The van der Waals surface area contributed by atoms with Crippen LogP contribution >= 0.6 is 0 Å². The highest BCUT2D eigenvalue weighted by molar-refractivity contribution is 5.23. The van der Waals surface area contributed by atoms with Crippen LogP contribution in [-0.2, 0) is 25.6 Å². The summed E-state index contributed by atoms with van der Waals surface area (Å²) in [7, 11) is 1.96. The fourth-order valence-corrected chi connectivity index (χ4v) is 2.01. The second kappa shape index (κ2) is 4.94. The molecule has 0 saturated carbocycles. The summed E-state index contributed by atoms with van der Waals surface area (Å²) >= 11 is 0. The normalized spacial score (nSPS) is 12.0. The topological polar surface area (TPSA) is 58.5 Å². The number of imidazole rings is 1. The number of aryl methyl sites for hydroxylation is 1. The van der Waals surface area contributed by atoms with E-state index in [9.17, 15) is 0 Å². The molecule has 2 heterocycles. The molecule has 0 amide bonds. The third-order valence-corrected chi connectivity index (χ3v) is 2.78. The van der Waals surface area contributed by atoms with Gasteiger partial charge in [0.2, 0.25) is 0 Å². The van der Waals surface area contributed by atoms with Gasteiger partial charge in [-0.05, 0) is 0 Å². The molecule has 98 valence electrons. The first-order valence-electron chi connectivity index (χ1n) is 6.19. The summed E-state index contributed by atoms with van der Waals surface area (Å²) < 4.78 is 1.88. The van der Waals surface area contributed by atoms with Crippen LogP contribution in [0.25, 0.3) is 0 Å². The van der Waals surface area contributed by atoms with Crippen molar-refractivity contribution in [2.75, 3.05) is 0 Å². The van der Waals surface area contributed by atoms with Crippen LogP contribution in [0.5, 0.6) is 0 Å². The van der Waals surface area contributed by atoms with Crippen LogP contribution in [0.15, 0.2) is 18.6 Å². The molecule has 2 N–H and O–H groups in total. The minimum atomic E-state index is 0.0724. The summed E-state index contributed by atoms with van der Waals surface area (Å²) in [5.41, 5.74) is 2.47. The molecule has 2 aromatic heterocycles. The van der Waals surface area contributed by atoms with Crippen molar-refractivity contribution >= 4 is 0 Å². The van der Waals surface area contributed by atoms with Gasteiger partial charge in [-0.2, -0.15) is 5.10 Å². The lowest BCUT2D eigenvalue weighted by molar-refractivity contribution is 0.542. The summed E-state index contributed by atoms with van der Waals surface area (Å²) in [5.74, 6) is 0.955. The lowest BCUT2D eigenvalue weighted by Crippen LogP contribution is -2.19. The van der Waals surface area contributed by atoms with Gasteiger partial charge < -0.3 is 10.3 Å². The first-order valence-corrected chi connectivity index (χ1v) is 6.19. The highest BCUT2D eigenvalue weighted by Crippen LogP contribution is 2.23. The molecule has 0 aliphatic rings. The second-order valence-electron chi connectivity index (χ2n) is 5.57. The van der Waals surface area contributed by atoms with E-state index in [1.165, 1.54) is 5.56 Å². The third-order valence-electron chi connectivity index (χ3n) is 2.78. The second-order valence-corrected chi connectivity index (χ2v) is 5.57. The zero-order valence-electron chi connectivity index (χ0n) is 11.5. The molecule has 18 heavy (non-hydrogen) atoms. The van der Waals surface area contributed by atoms with E-state index in [0.29, 0.717) is 0 Å². The average molecular weight is 247 g/mol. The summed E-state index contributed by atoms with van der Waals surface area (Å²) in [6, 6.07) is 0. The molecule has 0 unspecified atom stereocenters. The van der Waals surface area contributed by atoms with Gasteiger partial charge in [0.05, 0.1) is 12.2 Å². The Hall–Kier alpha value is -1.62. The fraction of sp³-hybridized carbons (Fsp3) is 0.538. The van der Waals surface area contributed by atoms with Crippen molar-refractivity contribution in [1.82, 2.24) is 25.1 Å². The number of hydrogen-bond acceptors (Lipinski definition) is 3. The maximum Gasteiger partial charge on any atom is 0.120 e. The minimum absolute atomic E-state index is 0.0724. The van der Waals surface area contributed by atoms with Crippen molar-refractivity contribution in [1.29, 1.82) is 0 Å². The van der Waals surface area contributed by atoms with Crippen molar-refractivity contribution < 1.29 is 0 Å². The van der Waals surface area contributed by atoms with Crippen LogP contribution in [0.1, 0.15) is 37.9 Å². The Labute approximate surface area is 108 Å². The zero-order chi connectivity index (χ0) is 13.2. The number of aromatic amines is 1. The molecule has 0 spiro atoms. The highest BCUT2D eigenvalue weighted by atomic mass is 15.3. The van der Waals surface area contributed by atoms with E-state index in [1.807, 2.05) is 17.9 Å². The van der Waals surface area contributed by atoms with E-state index < -0.39 is 0 Å². The van der Waals surface area contributed by atoms with Gasteiger partial charge in [-0.25, -0.2) is 4.98 Å². The number of aromatic nitrogens is 4. The maximum absolute atomic E-state index is 4.55. The van der Waals surface area contributed by atoms with Gasteiger partial charge >= 0.3 is 0 Å². The van der Waals surface area contributed by atoms with Crippen molar-refractivity contribution in [3.05, 3.63) is 35.7 Å². The monoisotopic (exact) mass is 247 g/mol. The third kappa shape index (κ3) is 2.98. The van der Waals surface area contributed by atoms with Gasteiger partial charge in [0.25, 0.3) is 0 Å². The number of rotatable bonds is 4. The Morgan fingerprint density at radius 3 is 2.72 bits per heavy atom. The molecule has 5 heteroatoms. The molecule has 0 atom stereocenters. The van der Waals surface area contributed by atoms with Gasteiger partial charge in [-0.3, -0.25) is 4.68 Å². The Morgan fingerprint density at radius 2 is 2.11 bits per heavy atom. The van der Waals surface area contributed by atoms with E-state index in [0.717, 1.165) is 24.6 Å². The molecule has 0 aliphatic heterocycles.